The molecule has 0 aliphatic rings. The van der Waals surface area contributed by atoms with E-state index in [-0.39, 0.29) is 11.5 Å². The average molecular weight is 410 g/mol. The Hall–Kier alpha value is -3.99. The summed E-state index contributed by atoms with van der Waals surface area (Å²) < 4.78 is 15.1. The number of nitrogens with one attached hydrogen (secondary N) is 2. The molecule has 1 aromatic heterocycles. The van der Waals surface area contributed by atoms with Crippen molar-refractivity contribution >= 4 is 22.3 Å². The molecule has 0 aliphatic carbocycles. The molecule has 0 unspecified atom stereocenters. The van der Waals surface area contributed by atoms with E-state index < -0.39 is 5.82 Å². The van der Waals surface area contributed by atoms with Crippen LogP contribution in [0.3, 0.4) is 0 Å². The van der Waals surface area contributed by atoms with E-state index in [1.165, 1.54) is 6.33 Å². The van der Waals surface area contributed by atoms with E-state index in [2.05, 4.69) is 27.2 Å². The molecule has 4 nitrogen and oxygen atoms in total. The number of anilines is 1. The van der Waals surface area contributed by atoms with Crippen LogP contribution in [0.2, 0.25) is 0 Å². The monoisotopic (exact) mass is 410 g/mol. The van der Waals surface area contributed by atoms with Crippen molar-refractivity contribution in [2.45, 2.75) is 6.54 Å². The molecule has 4 aromatic rings. The van der Waals surface area contributed by atoms with Gasteiger partial charge in [0.1, 0.15) is 12.0 Å². The van der Waals surface area contributed by atoms with Gasteiger partial charge in [0.25, 0.3) is 0 Å². The van der Waals surface area contributed by atoms with Crippen molar-refractivity contribution in [3.63, 3.8) is 0 Å². The van der Waals surface area contributed by atoms with Crippen LogP contribution < -0.4 is 10.6 Å². The summed E-state index contributed by atoms with van der Waals surface area (Å²) in [6.45, 7) is 4.18. The van der Waals surface area contributed by atoms with Crippen LogP contribution >= 0.6 is 0 Å². The van der Waals surface area contributed by atoms with Gasteiger partial charge in [-0.2, -0.15) is 0 Å². The number of nitrogens with zero attached hydrogens (tertiary/aromatic N) is 2. The maximum Gasteiger partial charge on any atom is 0.191 e. The molecule has 0 atom stereocenters. The number of halogens is 1. The summed E-state index contributed by atoms with van der Waals surface area (Å²) in [4.78, 5) is 8.28. The molecule has 1 heterocycles. The van der Waals surface area contributed by atoms with E-state index in [0.717, 1.165) is 33.2 Å². The second-order valence-corrected chi connectivity index (χ2v) is 7.06. The predicted molar refractivity (Wildman–Crippen MR) is 126 cm³/mol. The Morgan fingerprint density at radius 1 is 1.00 bits per heavy atom. The smallest absolute Gasteiger partial charge is 0.191 e. The van der Waals surface area contributed by atoms with Gasteiger partial charge in [0.2, 0.25) is 0 Å². The molecule has 5 heteroatoms. The fourth-order valence-corrected chi connectivity index (χ4v) is 3.46. The van der Waals surface area contributed by atoms with Gasteiger partial charge in [0, 0.05) is 24.9 Å². The minimum atomic E-state index is -0.458. The lowest BCUT2D eigenvalue weighted by molar-refractivity contribution is 0.621. The van der Waals surface area contributed by atoms with Crippen molar-refractivity contribution in [1.82, 2.24) is 15.3 Å². The lowest BCUT2D eigenvalue weighted by Gasteiger charge is -2.11. The summed E-state index contributed by atoms with van der Waals surface area (Å²) >= 11 is 0. The molecule has 2 N–H and O–H groups in total. The summed E-state index contributed by atoms with van der Waals surface area (Å²) in [6, 6.07) is 21.8. The van der Waals surface area contributed by atoms with E-state index in [4.69, 9.17) is 0 Å². The first-order valence-electron chi connectivity index (χ1n) is 10.0. The molecule has 0 aliphatic heterocycles. The molecule has 31 heavy (non-hydrogen) atoms. The number of rotatable bonds is 7. The van der Waals surface area contributed by atoms with Crippen molar-refractivity contribution in [2.75, 3.05) is 12.4 Å². The largest absolute Gasteiger partial charge is 0.388 e. The molecular formula is C26H23FN4. The van der Waals surface area contributed by atoms with Crippen LogP contribution in [0.1, 0.15) is 11.1 Å². The first kappa shape index (κ1) is 20.3. The van der Waals surface area contributed by atoms with Crippen molar-refractivity contribution < 1.29 is 4.39 Å². The van der Waals surface area contributed by atoms with Crippen LogP contribution in [-0.4, -0.2) is 17.0 Å². The summed E-state index contributed by atoms with van der Waals surface area (Å²) in [5.41, 5.74) is 4.06. The number of fused-ring (bicyclic) bond motifs is 1. The first-order valence-corrected chi connectivity index (χ1v) is 10.0. The zero-order valence-electron chi connectivity index (χ0n) is 17.3. The van der Waals surface area contributed by atoms with Gasteiger partial charge in [-0.1, -0.05) is 73.3 Å². The summed E-state index contributed by atoms with van der Waals surface area (Å²) in [6.07, 6.45) is 5.04. The Bertz CT molecular complexity index is 1250. The van der Waals surface area contributed by atoms with Gasteiger partial charge in [0.15, 0.2) is 11.6 Å². The second kappa shape index (κ2) is 9.22. The van der Waals surface area contributed by atoms with E-state index in [9.17, 15) is 0 Å². The molecular weight excluding hydrogens is 387 g/mol. The van der Waals surface area contributed by atoms with Crippen LogP contribution in [0.15, 0.2) is 91.8 Å². The van der Waals surface area contributed by atoms with Gasteiger partial charge in [-0.15, -0.1) is 0 Å². The number of hydrogen-bond acceptors (Lipinski definition) is 4. The van der Waals surface area contributed by atoms with Crippen molar-refractivity contribution in [2.24, 2.45) is 0 Å². The molecule has 0 saturated carbocycles. The van der Waals surface area contributed by atoms with Crippen LogP contribution in [0.25, 0.3) is 27.7 Å². The highest BCUT2D eigenvalue weighted by Crippen LogP contribution is 2.27. The fraction of sp³-hybridized carbons (Fsp3) is 0.0769. The maximum atomic E-state index is 15.1. The van der Waals surface area contributed by atoms with Crippen LogP contribution in [0.4, 0.5) is 10.2 Å². The van der Waals surface area contributed by atoms with Crippen LogP contribution in [-0.2, 0) is 6.54 Å². The Labute approximate surface area is 181 Å². The molecule has 0 radical (unpaired) electrons. The van der Waals surface area contributed by atoms with Gasteiger partial charge in [-0.3, -0.25) is 0 Å². The molecule has 0 saturated heterocycles. The van der Waals surface area contributed by atoms with Crippen LogP contribution in [0.5, 0.6) is 0 Å². The predicted octanol–water partition coefficient (Wildman–Crippen LogP) is 5.79. The molecule has 0 spiro atoms. The molecule has 0 amide bonds. The van der Waals surface area contributed by atoms with Gasteiger partial charge in [-0.05, 0) is 34.0 Å². The quantitative estimate of drug-likeness (QED) is 0.378. The SMILES string of the molecule is C=C/C=C(\NC)c1ccc(CNc2ncnc(-c3ccc4ccccc4c3)c2F)cc1. The zero-order chi connectivity index (χ0) is 21.6. The van der Waals surface area contributed by atoms with Crippen molar-refractivity contribution in [3.05, 3.63) is 109 Å². The average Bonchev–Trinajstić information content (AvgIpc) is 2.82. The Morgan fingerprint density at radius 2 is 1.77 bits per heavy atom. The molecule has 0 fully saturated rings. The number of benzene rings is 3. The standard InChI is InChI=1S/C26H23FN4/c1-3-6-23(28-2)20-11-9-18(10-12-20)16-29-26-24(27)25(30-17-31-26)22-14-13-19-7-4-5-8-21(19)15-22/h3-15,17,28H,1,16H2,2H3,(H,29,30,31)/b23-6-. The van der Waals surface area contributed by atoms with E-state index in [1.54, 1.807) is 6.08 Å². The van der Waals surface area contributed by atoms with Gasteiger partial charge < -0.3 is 10.6 Å². The van der Waals surface area contributed by atoms with Crippen LogP contribution in [0, 0.1) is 5.82 Å². The highest BCUT2D eigenvalue weighted by Gasteiger charge is 2.13. The van der Waals surface area contributed by atoms with Crippen molar-refractivity contribution in [1.29, 1.82) is 0 Å². The second-order valence-electron chi connectivity index (χ2n) is 7.06. The zero-order valence-corrected chi connectivity index (χ0v) is 17.3. The molecule has 3 aromatic carbocycles. The maximum absolute atomic E-state index is 15.1. The third kappa shape index (κ3) is 4.46. The number of hydrogen-bond donors (Lipinski definition) is 2. The van der Waals surface area contributed by atoms with Gasteiger partial charge >= 0.3 is 0 Å². The van der Waals surface area contributed by atoms with Crippen molar-refractivity contribution in [3.8, 4) is 11.3 Å². The van der Waals surface area contributed by atoms with E-state index in [1.807, 2.05) is 79.9 Å². The fourth-order valence-electron chi connectivity index (χ4n) is 3.46. The minimum absolute atomic E-state index is 0.185. The Kier molecular flexibility index (Phi) is 6.03. The lowest BCUT2D eigenvalue weighted by Crippen LogP contribution is -2.07. The Balaban J connectivity index is 1.53. The third-order valence-corrected chi connectivity index (χ3v) is 5.09. The molecule has 154 valence electrons. The normalized spacial score (nSPS) is 11.4. The lowest BCUT2D eigenvalue weighted by atomic mass is 10.0. The summed E-state index contributed by atoms with van der Waals surface area (Å²) in [5.74, 6) is -0.273. The van der Waals surface area contributed by atoms with Gasteiger partial charge in [0.05, 0.1) is 0 Å². The first-order chi connectivity index (χ1) is 15.2. The summed E-state index contributed by atoms with van der Waals surface area (Å²) in [7, 11) is 1.87. The minimum Gasteiger partial charge on any atom is -0.388 e. The van der Waals surface area contributed by atoms with E-state index in [0.29, 0.717) is 6.54 Å². The number of aromatic nitrogens is 2. The molecule has 0 bridgehead atoms. The highest BCUT2D eigenvalue weighted by atomic mass is 19.1. The summed E-state index contributed by atoms with van der Waals surface area (Å²) in [5, 5.41) is 8.38. The number of allylic oxidation sites excluding steroid dienone is 2. The van der Waals surface area contributed by atoms with Gasteiger partial charge in [-0.25, -0.2) is 14.4 Å². The highest BCUT2D eigenvalue weighted by molar-refractivity contribution is 5.87. The third-order valence-electron chi connectivity index (χ3n) is 5.09. The molecule has 4 rings (SSSR count). The topological polar surface area (TPSA) is 49.8 Å². The van der Waals surface area contributed by atoms with E-state index >= 15 is 4.39 Å². The Morgan fingerprint density at radius 3 is 2.52 bits per heavy atom.